The molecule has 2 aliphatic heterocycles. The number of imide groups is 1. The summed E-state index contributed by atoms with van der Waals surface area (Å²) in [7, 11) is 0. The van der Waals surface area contributed by atoms with Crippen LogP contribution in [0.1, 0.15) is 109 Å². The number of nitrogens with zero attached hydrogens (tertiary/aromatic N) is 6. The molecule has 3 amide bonds. The van der Waals surface area contributed by atoms with Gasteiger partial charge in [-0.15, -0.1) is 0 Å². The van der Waals surface area contributed by atoms with Gasteiger partial charge in [0.2, 0.25) is 17.7 Å². The van der Waals surface area contributed by atoms with E-state index in [1.807, 2.05) is 81.1 Å². The van der Waals surface area contributed by atoms with E-state index in [-0.39, 0.29) is 60.8 Å². The minimum atomic E-state index is -2.86. The molecule has 2 aliphatic rings. The lowest BCUT2D eigenvalue weighted by atomic mass is 9.86. The monoisotopic (exact) mass is 752 g/mol. The van der Waals surface area contributed by atoms with Crippen LogP contribution < -0.4 is 10.6 Å². The summed E-state index contributed by atoms with van der Waals surface area (Å²) < 4.78 is 37.6. The Kier molecular flexibility index (Phi) is 10.6. The number of halogens is 2. The summed E-state index contributed by atoms with van der Waals surface area (Å²) in [6.07, 6.45) is 5.57. The molecular formula is C41H46F2N8O4. The van der Waals surface area contributed by atoms with E-state index in [1.165, 1.54) is 6.33 Å². The summed E-state index contributed by atoms with van der Waals surface area (Å²) in [4.78, 5) is 47.0. The van der Waals surface area contributed by atoms with Crippen molar-refractivity contribution in [1.29, 1.82) is 0 Å². The molecule has 12 nitrogen and oxygen atoms in total. The summed E-state index contributed by atoms with van der Waals surface area (Å²) in [5.74, 6) is -3.44. The van der Waals surface area contributed by atoms with Crippen LogP contribution in [0.15, 0.2) is 65.6 Å². The standard InChI is InChI=1S/C41H46F2N8O4/c1-25-19-30(9-10-31(25)21-44-38(54)36-48-39(55-49-36)40(2,3)4)35-33-20-26(22-51(33)46-24-45-35)13-16-41(42,43)23-50-17-14-28(15-18-50)27-5-7-29(8-6-27)32-11-12-34(52)47-37(32)53/h5-10,19-20,22,24,28,32H,11-18,21,23H2,1-4H3,(H,44,54)(H,47,52,53). The molecule has 0 bridgehead atoms. The van der Waals surface area contributed by atoms with E-state index in [4.69, 9.17) is 4.52 Å². The molecule has 14 heteroatoms. The first-order valence-electron chi connectivity index (χ1n) is 18.8. The van der Waals surface area contributed by atoms with Gasteiger partial charge in [-0.1, -0.05) is 62.3 Å². The van der Waals surface area contributed by atoms with Crippen LogP contribution in [0.3, 0.4) is 0 Å². The van der Waals surface area contributed by atoms with Crippen molar-refractivity contribution in [2.75, 3.05) is 19.6 Å². The number of aromatic nitrogens is 5. The first-order chi connectivity index (χ1) is 26.2. The minimum Gasteiger partial charge on any atom is -0.345 e. The van der Waals surface area contributed by atoms with Gasteiger partial charge in [-0.3, -0.25) is 24.6 Å². The molecule has 5 aromatic rings. The zero-order valence-corrected chi connectivity index (χ0v) is 31.6. The number of hydrogen-bond acceptors (Lipinski definition) is 9. The summed E-state index contributed by atoms with van der Waals surface area (Å²) in [5, 5.41) is 13.4. The Bertz CT molecular complexity index is 2200. The lowest BCUT2D eigenvalue weighted by molar-refractivity contribution is -0.134. The van der Waals surface area contributed by atoms with Gasteiger partial charge in [0.1, 0.15) is 6.33 Å². The third-order valence-electron chi connectivity index (χ3n) is 10.7. The highest BCUT2D eigenvalue weighted by Crippen LogP contribution is 2.33. The van der Waals surface area contributed by atoms with Gasteiger partial charge in [0.05, 0.1) is 23.7 Å². The molecule has 288 valence electrons. The Morgan fingerprint density at radius 3 is 2.45 bits per heavy atom. The van der Waals surface area contributed by atoms with Crippen LogP contribution in [0.25, 0.3) is 16.8 Å². The van der Waals surface area contributed by atoms with Crippen LogP contribution in [-0.2, 0) is 28.0 Å². The normalized spacial score (nSPS) is 17.5. The molecule has 2 saturated heterocycles. The van der Waals surface area contributed by atoms with E-state index in [0.29, 0.717) is 37.5 Å². The van der Waals surface area contributed by atoms with Crippen LogP contribution in [0.5, 0.6) is 0 Å². The molecule has 1 unspecified atom stereocenters. The van der Waals surface area contributed by atoms with Crippen molar-refractivity contribution in [1.82, 2.24) is 40.3 Å². The van der Waals surface area contributed by atoms with Gasteiger partial charge in [-0.05, 0) is 91.6 Å². The van der Waals surface area contributed by atoms with E-state index in [0.717, 1.165) is 51.7 Å². The Balaban J connectivity index is 0.915. The molecule has 2 N–H and O–H groups in total. The molecule has 0 radical (unpaired) electrons. The second kappa shape index (κ2) is 15.4. The zero-order chi connectivity index (χ0) is 38.9. The molecule has 0 aliphatic carbocycles. The maximum atomic E-state index is 15.4. The fourth-order valence-electron chi connectivity index (χ4n) is 7.43. The summed E-state index contributed by atoms with van der Waals surface area (Å²) in [6.45, 7) is 8.90. The molecular weight excluding hydrogens is 706 g/mol. The molecule has 2 aromatic carbocycles. The van der Waals surface area contributed by atoms with Crippen LogP contribution >= 0.6 is 0 Å². The number of hydrogen-bond donors (Lipinski definition) is 2. The second-order valence-corrected chi connectivity index (χ2v) is 15.9. The topological polar surface area (TPSA) is 148 Å². The zero-order valence-electron chi connectivity index (χ0n) is 31.6. The maximum Gasteiger partial charge on any atom is 0.292 e. The van der Waals surface area contributed by atoms with Crippen molar-refractivity contribution in [3.05, 3.63) is 101 Å². The van der Waals surface area contributed by atoms with E-state index in [2.05, 4.69) is 30.9 Å². The highest BCUT2D eigenvalue weighted by molar-refractivity contribution is 6.00. The van der Waals surface area contributed by atoms with Crippen molar-refractivity contribution in [2.45, 2.75) is 95.9 Å². The molecule has 55 heavy (non-hydrogen) atoms. The summed E-state index contributed by atoms with van der Waals surface area (Å²) >= 11 is 0. The lowest BCUT2D eigenvalue weighted by Crippen LogP contribution is -2.41. The third kappa shape index (κ3) is 8.80. The number of nitrogens with one attached hydrogen (secondary N) is 2. The van der Waals surface area contributed by atoms with Gasteiger partial charge in [0.25, 0.3) is 17.7 Å². The highest BCUT2D eigenvalue weighted by atomic mass is 19.3. The summed E-state index contributed by atoms with van der Waals surface area (Å²) in [6, 6.07) is 15.7. The van der Waals surface area contributed by atoms with E-state index >= 15 is 8.78 Å². The maximum absolute atomic E-state index is 15.4. The number of piperidine rings is 2. The second-order valence-electron chi connectivity index (χ2n) is 15.9. The minimum absolute atomic E-state index is 0.0152. The van der Waals surface area contributed by atoms with E-state index < -0.39 is 11.8 Å². The first-order valence-corrected chi connectivity index (χ1v) is 18.8. The van der Waals surface area contributed by atoms with E-state index in [1.54, 1.807) is 10.7 Å². The molecule has 0 saturated carbocycles. The van der Waals surface area contributed by atoms with Crippen LogP contribution in [0.4, 0.5) is 8.78 Å². The van der Waals surface area contributed by atoms with Crippen LogP contribution in [0.2, 0.25) is 0 Å². The number of amides is 3. The molecule has 5 heterocycles. The van der Waals surface area contributed by atoms with Crippen molar-refractivity contribution in [2.24, 2.45) is 0 Å². The van der Waals surface area contributed by atoms with Crippen molar-refractivity contribution in [3.63, 3.8) is 0 Å². The summed E-state index contributed by atoms with van der Waals surface area (Å²) in [5.41, 5.74) is 6.53. The largest absolute Gasteiger partial charge is 0.345 e. The van der Waals surface area contributed by atoms with Crippen LogP contribution in [0, 0.1) is 6.92 Å². The van der Waals surface area contributed by atoms with Gasteiger partial charge in [0.15, 0.2) is 0 Å². The molecule has 3 aromatic heterocycles. The smallest absolute Gasteiger partial charge is 0.292 e. The van der Waals surface area contributed by atoms with Crippen molar-refractivity contribution < 1.29 is 27.7 Å². The Hall–Kier alpha value is -5.37. The number of aryl methyl sites for hydroxylation is 2. The molecule has 1 atom stereocenters. The number of benzene rings is 2. The number of rotatable bonds is 11. The number of likely N-dealkylation sites (tertiary alicyclic amines) is 1. The molecule has 2 fully saturated rings. The Morgan fingerprint density at radius 1 is 1.02 bits per heavy atom. The van der Waals surface area contributed by atoms with Gasteiger partial charge in [-0.25, -0.2) is 18.3 Å². The quantitative estimate of drug-likeness (QED) is 0.149. The molecule has 7 rings (SSSR count). The third-order valence-corrected chi connectivity index (χ3v) is 10.7. The number of carbonyl (C=O) groups is 3. The van der Waals surface area contributed by atoms with Gasteiger partial charge in [0, 0.05) is 36.6 Å². The number of alkyl halides is 2. The Morgan fingerprint density at radius 2 is 1.76 bits per heavy atom. The van der Waals surface area contributed by atoms with Gasteiger partial charge in [-0.2, -0.15) is 10.1 Å². The van der Waals surface area contributed by atoms with Crippen LogP contribution in [-0.4, -0.2) is 72.9 Å². The van der Waals surface area contributed by atoms with Crippen molar-refractivity contribution >= 4 is 23.2 Å². The van der Waals surface area contributed by atoms with E-state index in [9.17, 15) is 14.4 Å². The predicted octanol–water partition coefficient (Wildman–Crippen LogP) is 6.28. The number of fused-ring (bicyclic) bond motifs is 1. The average Bonchev–Trinajstić information content (AvgIpc) is 3.82. The van der Waals surface area contributed by atoms with Gasteiger partial charge >= 0.3 is 0 Å². The predicted molar refractivity (Wildman–Crippen MR) is 201 cm³/mol. The van der Waals surface area contributed by atoms with Gasteiger partial charge < -0.3 is 9.84 Å². The fraction of sp³-hybridized carbons (Fsp3) is 0.439. The number of carbonyl (C=O) groups excluding carboxylic acids is 3. The first kappa shape index (κ1) is 37.9. The fourth-order valence-corrected chi connectivity index (χ4v) is 7.43. The Labute approximate surface area is 318 Å². The molecule has 0 spiro atoms. The average molecular weight is 753 g/mol. The SMILES string of the molecule is Cc1cc(-c2ncnn3cc(CCC(F)(F)CN4CCC(c5ccc(C6CCC(=O)NC6=O)cc5)CC4)cc23)ccc1CNC(=O)c1noc(C(C)(C)C)n1. The van der Waals surface area contributed by atoms with Crippen molar-refractivity contribution in [3.8, 4) is 11.3 Å². The lowest BCUT2D eigenvalue weighted by Gasteiger charge is -2.34. The highest BCUT2D eigenvalue weighted by Gasteiger charge is 2.34.